The summed E-state index contributed by atoms with van der Waals surface area (Å²) in [5.74, 6) is 0.623. The van der Waals surface area contributed by atoms with Gasteiger partial charge in [0.2, 0.25) is 0 Å². The lowest BCUT2D eigenvalue weighted by atomic mass is 10.1. The van der Waals surface area contributed by atoms with Crippen molar-refractivity contribution in [2.45, 2.75) is 36.3 Å². The standard InChI is InChI=1S/C11H18ClN5O6P/c1-20-7-6-4(2-21-24(18,19)23-6)22-10(7)17-9-5(16-11(17)12)8(13)14-3-15-9/h3-4,6-8,10-11,16,18-19H,2,13H2,1H3,(H,14,15)/q+1/t4?,6-,7?,8?,10?,11?/m1/s1. The molecule has 0 bridgehead atoms. The van der Waals surface area contributed by atoms with E-state index in [-0.39, 0.29) is 6.61 Å². The van der Waals surface area contributed by atoms with Crippen molar-refractivity contribution in [1.82, 2.24) is 15.5 Å². The summed E-state index contributed by atoms with van der Waals surface area (Å²) in [7, 11) is -2.38. The van der Waals surface area contributed by atoms with E-state index in [1.54, 1.807) is 4.90 Å². The van der Waals surface area contributed by atoms with Crippen LogP contribution >= 0.6 is 19.8 Å². The van der Waals surface area contributed by atoms with Gasteiger partial charge in [-0.1, -0.05) is 11.6 Å². The first-order valence-electron chi connectivity index (χ1n) is 7.24. The lowest BCUT2D eigenvalue weighted by Crippen LogP contribution is -2.50. The van der Waals surface area contributed by atoms with E-state index in [4.69, 9.17) is 35.9 Å². The van der Waals surface area contributed by atoms with Crippen molar-refractivity contribution in [3.8, 4) is 0 Å². The topological polar surface area (TPSA) is 143 Å². The van der Waals surface area contributed by atoms with E-state index in [2.05, 4.69) is 15.6 Å². The smallest absolute Gasteiger partial charge is 0.374 e. The quantitative estimate of drug-likeness (QED) is 0.213. The average molecular weight is 383 g/mol. The monoisotopic (exact) mass is 382 g/mol. The fourth-order valence-corrected chi connectivity index (χ4v) is 4.51. The first kappa shape index (κ1) is 16.7. The number of ether oxygens (including phenoxy) is 2. The molecule has 0 spiro atoms. The van der Waals surface area contributed by atoms with E-state index in [9.17, 15) is 9.79 Å². The van der Waals surface area contributed by atoms with Gasteiger partial charge in [0.1, 0.15) is 30.8 Å². The summed E-state index contributed by atoms with van der Waals surface area (Å²) in [6.45, 7) is -0.0175. The molecular formula is C11H18ClN5O6P+. The predicted octanol–water partition coefficient (Wildman–Crippen LogP) is -1.68. The normalized spacial score (nSPS) is 43.3. The fourth-order valence-electron chi connectivity index (χ4n) is 3.21. The maximum atomic E-state index is 9.66. The molecule has 24 heavy (non-hydrogen) atoms. The highest BCUT2D eigenvalue weighted by Gasteiger charge is 2.62. The first-order valence-corrected chi connectivity index (χ1v) is 9.20. The van der Waals surface area contributed by atoms with Crippen molar-refractivity contribution in [2.75, 3.05) is 13.7 Å². The number of nitrogens with zero attached hydrogens (tertiary/aromatic N) is 2. The zero-order valence-electron chi connectivity index (χ0n) is 12.6. The zero-order chi connectivity index (χ0) is 17.1. The van der Waals surface area contributed by atoms with Crippen molar-refractivity contribution in [3.63, 3.8) is 0 Å². The van der Waals surface area contributed by atoms with Crippen LogP contribution in [0, 0.1) is 0 Å². The number of halogens is 1. The van der Waals surface area contributed by atoms with Crippen molar-refractivity contribution in [2.24, 2.45) is 10.7 Å². The second-order valence-electron chi connectivity index (χ2n) is 5.64. The van der Waals surface area contributed by atoms with Gasteiger partial charge < -0.3 is 25.8 Å². The minimum Gasteiger partial charge on any atom is -0.374 e. The summed E-state index contributed by atoms with van der Waals surface area (Å²) < 4.78 is 21.6. The van der Waals surface area contributed by atoms with Gasteiger partial charge in [0, 0.05) is 7.11 Å². The molecular weight excluding hydrogens is 365 g/mol. The number of fused-ring (bicyclic) bond motifs is 1. The Balaban J connectivity index is 1.62. The van der Waals surface area contributed by atoms with E-state index in [0.29, 0.717) is 11.5 Å². The highest BCUT2D eigenvalue weighted by molar-refractivity contribution is 7.54. The van der Waals surface area contributed by atoms with Crippen LogP contribution < -0.4 is 16.4 Å². The molecule has 6 N–H and O–H groups in total. The highest BCUT2D eigenvalue weighted by Crippen LogP contribution is 2.58. The Bertz CT molecular complexity index is 593. The van der Waals surface area contributed by atoms with E-state index >= 15 is 0 Å². The molecule has 5 unspecified atom stereocenters. The molecule has 6 atom stereocenters. The van der Waals surface area contributed by atoms with E-state index in [1.165, 1.54) is 13.4 Å². The van der Waals surface area contributed by atoms with Gasteiger partial charge in [0.15, 0.2) is 18.0 Å². The summed E-state index contributed by atoms with van der Waals surface area (Å²) in [6, 6.07) is 0. The van der Waals surface area contributed by atoms with Crippen molar-refractivity contribution >= 4 is 26.1 Å². The van der Waals surface area contributed by atoms with E-state index < -0.39 is 44.5 Å². The highest BCUT2D eigenvalue weighted by atomic mass is 35.5. The average Bonchev–Trinajstić information content (AvgIpc) is 3.03. The van der Waals surface area contributed by atoms with Crippen LogP contribution in [0.2, 0.25) is 0 Å². The zero-order valence-corrected chi connectivity index (χ0v) is 14.2. The minimum atomic E-state index is -3.87. The van der Waals surface area contributed by atoms with Crippen molar-refractivity contribution in [3.05, 3.63) is 11.5 Å². The van der Waals surface area contributed by atoms with Gasteiger partial charge in [-0.3, -0.25) is 9.89 Å². The fraction of sp³-hybridized carbons (Fsp3) is 0.727. The van der Waals surface area contributed by atoms with Crippen LogP contribution in [0.3, 0.4) is 0 Å². The van der Waals surface area contributed by atoms with Crippen LogP contribution in [0.15, 0.2) is 16.5 Å². The van der Waals surface area contributed by atoms with E-state index in [0.717, 1.165) is 0 Å². The van der Waals surface area contributed by atoms with Crippen molar-refractivity contribution < 1.29 is 28.3 Å². The number of nitrogens with two attached hydrogens (primary N) is 1. The predicted molar refractivity (Wildman–Crippen MR) is 82.9 cm³/mol. The summed E-state index contributed by atoms with van der Waals surface area (Å²) in [6.07, 6.45) is -1.58. The lowest BCUT2D eigenvalue weighted by Gasteiger charge is -2.33. The molecule has 134 valence electrons. The van der Waals surface area contributed by atoms with Crippen LogP contribution in [0.25, 0.3) is 0 Å². The minimum absolute atomic E-state index is 0.0175. The van der Waals surface area contributed by atoms with E-state index in [1.807, 2.05) is 0 Å². The van der Waals surface area contributed by atoms with Crippen LogP contribution in [0.5, 0.6) is 0 Å². The van der Waals surface area contributed by atoms with Gasteiger partial charge in [-0.2, -0.15) is 14.3 Å². The van der Waals surface area contributed by atoms with Gasteiger partial charge in [-0.05, 0) is 0 Å². The maximum absolute atomic E-state index is 9.66. The second kappa shape index (κ2) is 5.90. The third-order valence-electron chi connectivity index (χ3n) is 4.26. The molecule has 4 heterocycles. The molecule has 4 rings (SSSR count). The van der Waals surface area contributed by atoms with Crippen molar-refractivity contribution in [1.29, 1.82) is 0 Å². The largest absolute Gasteiger partial charge is 0.570 e. The summed E-state index contributed by atoms with van der Waals surface area (Å²) in [5.41, 5.74) is 5.92. The Morgan fingerprint density at radius 2 is 2.33 bits per heavy atom. The Labute approximate surface area is 143 Å². The van der Waals surface area contributed by atoms with Crippen LogP contribution in [0.1, 0.15) is 0 Å². The molecule has 0 aliphatic carbocycles. The van der Waals surface area contributed by atoms with Gasteiger partial charge in [0.05, 0.1) is 12.0 Å². The van der Waals surface area contributed by atoms with Gasteiger partial charge in [0.25, 0.3) is 0 Å². The molecule has 4 aliphatic rings. The Hall–Kier alpha value is -0.750. The molecule has 0 aromatic rings. The molecule has 4 aliphatic heterocycles. The van der Waals surface area contributed by atoms with Crippen LogP contribution in [-0.2, 0) is 18.5 Å². The van der Waals surface area contributed by atoms with Gasteiger partial charge in [-0.15, -0.1) is 4.52 Å². The summed E-state index contributed by atoms with van der Waals surface area (Å²) in [4.78, 5) is 25.1. The molecule has 0 aromatic heterocycles. The Morgan fingerprint density at radius 1 is 1.54 bits per heavy atom. The molecule has 11 nitrogen and oxygen atoms in total. The third-order valence-corrected chi connectivity index (χ3v) is 5.59. The SMILES string of the molecule is COC1C(N2C3=C(NC2Cl)C(N)N=CN3)OC2CO[P+](O)(O)O[C@H]21. The molecule has 0 saturated carbocycles. The maximum Gasteiger partial charge on any atom is 0.570 e. The molecule has 0 aromatic carbocycles. The molecule has 0 radical (unpaired) electrons. The molecule has 13 heteroatoms. The number of hydrogen-bond acceptors (Lipinski definition) is 11. The number of rotatable bonds is 2. The van der Waals surface area contributed by atoms with Gasteiger partial charge in [-0.25, -0.2) is 0 Å². The number of nitrogens with one attached hydrogen (secondary N) is 2. The Kier molecular flexibility index (Phi) is 4.11. The number of methoxy groups -OCH3 is 1. The Morgan fingerprint density at radius 3 is 3.08 bits per heavy atom. The molecule has 2 fully saturated rings. The molecule has 2 saturated heterocycles. The first-order chi connectivity index (χ1) is 11.4. The molecule has 0 amide bonds. The lowest BCUT2D eigenvalue weighted by molar-refractivity contribution is -0.0978. The number of hydrogen-bond donors (Lipinski definition) is 5. The summed E-state index contributed by atoms with van der Waals surface area (Å²) >= 11 is 6.40. The van der Waals surface area contributed by atoms with Crippen LogP contribution in [0.4, 0.5) is 0 Å². The second-order valence-corrected chi connectivity index (χ2v) is 7.50. The summed E-state index contributed by atoms with van der Waals surface area (Å²) in [5, 5.41) is 6.04. The third kappa shape index (κ3) is 2.57. The van der Waals surface area contributed by atoms with Crippen LogP contribution in [-0.4, -0.2) is 71.1 Å². The number of alkyl halides is 1. The van der Waals surface area contributed by atoms with Gasteiger partial charge >= 0.3 is 8.17 Å². The number of aliphatic imine (C=N–C) groups is 1.